The number of nitriles is 1. The highest BCUT2D eigenvalue weighted by Gasteiger charge is 2.03. The van der Waals surface area contributed by atoms with Crippen LogP contribution in [0.2, 0.25) is 0 Å². The highest BCUT2D eigenvalue weighted by atomic mass is 14.2. The molecule has 0 fully saturated rings. The zero-order valence-electron chi connectivity index (χ0n) is 12.1. The number of unbranched alkanes of at least 4 members (excludes halogenated alkanes) is 3. The van der Waals surface area contributed by atoms with Gasteiger partial charge in [-0.25, -0.2) is 0 Å². The van der Waals surface area contributed by atoms with Crippen LogP contribution in [0.15, 0.2) is 48.5 Å². The molecular formula is C19H21N. The van der Waals surface area contributed by atoms with Gasteiger partial charge in [0.25, 0.3) is 0 Å². The van der Waals surface area contributed by atoms with E-state index in [0.717, 1.165) is 23.1 Å². The molecule has 0 aromatic heterocycles. The van der Waals surface area contributed by atoms with E-state index in [1.165, 1.54) is 31.2 Å². The van der Waals surface area contributed by atoms with Crippen molar-refractivity contribution >= 4 is 0 Å². The Morgan fingerprint density at radius 2 is 1.65 bits per heavy atom. The molecule has 0 radical (unpaired) electrons. The summed E-state index contributed by atoms with van der Waals surface area (Å²) in [4.78, 5) is 0. The maximum absolute atomic E-state index is 9.15. The Bertz CT molecular complexity index is 575. The minimum absolute atomic E-state index is 0.739. The maximum atomic E-state index is 9.15. The molecule has 2 aromatic carbocycles. The van der Waals surface area contributed by atoms with Crippen LogP contribution in [-0.2, 0) is 6.42 Å². The average molecular weight is 263 g/mol. The van der Waals surface area contributed by atoms with Crippen LogP contribution in [0.4, 0.5) is 0 Å². The molecule has 0 aliphatic heterocycles. The first-order valence-electron chi connectivity index (χ1n) is 7.43. The van der Waals surface area contributed by atoms with Gasteiger partial charge in [-0.2, -0.15) is 5.26 Å². The topological polar surface area (TPSA) is 23.8 Å². The molecule has 2 rings (SSSR count). The Morgan fingerprint density at radius 3 is 2.35 bits per heavy atom. The Labute approximate surface area is 121 Å². The third kappa shape index (κ3) is 3.71. The molecule has 0 unspecified atom stereocenters. The first kappa shape index (κ1) is 14.3. The molecular weight excluding hydrogens is 242 g/mol. The van der Waals surface area contributed by atoms with Gasteiger partial charge in [-0.05, 0) is 35.6 Å². The zero-order chi connectivity index (χ0) is 14.2. The Balaban J connectivity index is 2.06. The van der Waals surface area contributed by atoms with Crippen molar-refractivity contribution in [1.82, 2.24) is 0 Å². The number of rotatable bonds is 6. The summed E-state index contributed by atoms with van der Waals surface area (Å²) in [5.74, 6) is 0. The van der Waals surface area contributed by atoms with Gasteiger partial charge in [0, 0.05) is 0 Å². The molecule has 1 heteroatoms. The van der Waals surface area contributed by atoms with E-state index in [2.05, 4.69) is 37.3 Å². The molecule has 20 heavy (non-hydrogen) atoms. The minimum Gasteiger partial charge on any atom is -0.192 e. The van der Waals surface area contributed by atoms with Gasteiger partial charge in [-0.15, -0.1) is 0 Å². The van der Waals surface area contributed by atoms with Crippen molar-refractivity contribution in [3.05, 3.63) is 59.7 Å². The molecule has 0 aliphatic rings. The summed E-state index contributed by atoms with van der Waals surface area (Å²) in [6.07, 6.45) is 6.34. The summed E-state index contributed by atoms with van der Waals surface area (Å²) in [5, 5.41) is 9.15. The fourth-order valence-electron chi connectivity index (χ4n) is 2.44. The van der Waals surface area contributed by atoms with Crippen LogP contribution >= 0.6 is 0 Å². The second-order valence-corrected chi connectivity index (χ2v) is 5.16. The van der Waals surface area contributed by atoms with Crippen LogP contribution in [0.5, 0.6) is 0 Å². The second kappa shape index (κ2) is 7.50. The third-order valence-electron chi connectivity index (χ3n) is 3.63. The molecule has 0 N–H and O–H groups in total. The summed E-state index contributed by atoms with van der Waals surface area (Å²) in [6.45, 7) is 2.24. The maximum Gasteiger partial charge on any atom is 0.0998 e. The predicted octanol–water partition coefficient (Wildman–Crippen LogP) is 5.35. The van der Waals surface area contributed by atoms with E-state index in [9.17, 15) is 0 Å². The van der Waals surface area contributed by atoms with Gasteiger partial charge in [-0.3, -0.25) is 0 Å². The predicted molar refractivity (Wildman–Crippen MR) is 84.4 cm³/mol. The molecule has 1 nitrogen and oxygen atoms in total. The second-order valence-electron chi connectivity index (χ2n) is 5.16. The summed E-state index contributed by atoms with van der Waals surface area (Å²) >= 11 is 0. The summed E-state index contributed by atoms with van der Waals surface area (Å²) in [6, 6.07) is 18.7. The van der Waals surface area contributed by atoms with Crippen molar-refractivity contribution in [2.75, 3.05) is 0 Å². The van der Waals surface area contributed by atoms with E-state index >= 15 is 0 Å². The van der Waals surface area contributed by atoms with E-state index in [1.807, 2.05) is 24.3 Å². The van der Waals surface area contributed by atoms with Crippen LogP contribution < -0.4 is 0 Å². The van der Waals surface area contributed by atoms with Gasteiger partial charge in [0.15, 0.2) is 0 Å². The number of hydrogen-bond acceptors (Lipinski definition) is 1. The monoisotopic (exact) mass is 263 g/mol. The van der Waals surface area contributed by atoms with Crippen LogP contribution in [0, 0.1) is 11.3 Å². The molecule has 0 aliphatic carbocycles. The fourth-order valence-corrected chi connectivity index (χ4v) is 2.44. The molecule has 0 spiro atoms. The number of nitrogens with zero attached hydrogens (tertiary/aromatic N) is 1. The molecule has 0 atom stereocenters. The lowest BCUT2D eigenvalue weighted by Crippen LogP contribution is -1.88. The molecule has 2 aromatic rings. The summed E-state index contributed by atoms with van der Waals surface area (Å²) in [7, 11) is 0. The summed E-state index contributed by atoms with van der Waals surface area (Å²) < 4.78 is 0. The van der Waals surface area contributed by atoms with E-state index < -0.39 is 0 Å². The van der Waals surface area contributed by atoms with Gasteiger partial charge in [0.2, 0.25) is 0 Å². The van der Waals surface area contributed by atoms with E-state index in [-0.39, 0.29) is 0 Å². The third-order valence-corrected chi connectivity index (χ3v) is 3.63. The smallest absolute Gasteiger partial charge is 0.0998 e. The van der Waals surface area contributed by atoms with E-state index in [1.54, 1.807) is 0 Å². The molecule has 0 saturated carbocycles. The van der Waals surface area contributed by atoms with Crippen molar-refractivity contribution in [3.63, 3.8) is 0 Å². The van der Waals surface area contributed by atoms with Crippen LogP contribution in [0.25, 0.3) is 11.1 Å². The highest BCUT2D eigenvalue weighted by Crippen LogP contribution is 2.23. The normalized spacial score (nSPS) is 10.2. The fraction of sp³-hybridized carbons (Fsp3) is 0.316. The van der Waals surface area contributed by atoms with Crippen LogP contribution in [-0.4, -0.2) is 0 Å². The number of benzene rings is 2. The SMILES string of the molecule is CCCCCCc1ccc(-c2ccccc2C#N)cc1. The Morgan fingerprint density at radius 1 is 0.900 bits per heavy atom. The van der Waals surface area contributed by atoms with Crippen molar-refractivity contribution in [3.8, 4) is 17.2 Å². The minimum atomic E-state index is 0.739. The lowest BCUT2D eigenvalue weighted by Gasteiger charge is -2.06. The lowest BCUT2D eigenvalue weighted by molar-refractivity contribution is 0.667. The molecule has 0 heterocycles. The quantitative estimate of drug-likeness (QED) is 0.645. The standard InChI is InChI=1S/C19H21N/c1-2-3-4-5-8-16-11-13-17(14-12-16)19-10-7-6-9-18(19)15-20/h6-7,9-14H,2-5,8H2,1H3. The van der Waals surface area contributed by atoms with Crippen molar-refractivity contribution in [1.29, 1.82) is 5.26 Å². The van der Waals surface area contributed by atoms with Crippen LogP contribution in [0.3, 0.4) is 0 Å². The largest absolute Gasteiger partial charge is 0.192 e. The molecule has 102 valence electrons. The van der Waals surface area contributed by atoms with Gasteiger partial charge in [-0.1, -0.05) is 68.7 Å². The number of hydrogen-bond donors (Lipinski definition) is 0. The van der Waals surface area contributed by atoms with E-state index in [0.29, 0.717) is 0 Å². The van der Waals surface area contributed by atoms with Crippen molar-refractivity contribution < 1.29 is 0 Å². The van der Waals surface area contributed by atoms with Crippen LogP contribution in [0.1, 0.15) is 43.7 Å². The number of aryl methyl sites for hydroxylation is 1. The van der Waals surface area contributed by atoms with Gasteiger partial charge in [0.05, 0.1) is 11.6 Å². The average Bonchev–Trinajstić information content (AvgIpc) is 2.52. The first-order valence-corrected chi connectivity index (χ1v) is 7.43. The molecule has 0 bridgehead atoms. The summed E-state index contributed by atoms with van der Waals surface area (Å²) in [5.41, 5.74) is 4.27. The lowest BCUT2D eigenvalue weighted by atomic mass is 9.98. The van der Waals surface area contributed by atoms with Crippen molar-refractivity contribution in [2.24, 2.45) is 0 Å². The van der Waals surface area contributed by atoms with Gasteiger partial charge in [0.1, 0.15) is 0 Å². The van der Waals surface area contributed by atoms with Crippen molar-refractivity contribution in [2.45, 2.75) is 39.0 Å². The first-order chi connectivity index (χ1) is 9.85. The Kier molecular flexibility index (Phi) is 5.38. The molecule has 0 saturated heterocycles. The van der Waals surface area contributed by atoms with E-state index in [4.69, 9.17) is 5.26 Å². The molecule has 0 amide bonds. The van der Waals surface area contributed by atoms with Gasteiger partial charge < -0.3 is 0 Å². The van der Waals surface area contributed by atoms with Gasteiger partial charge >= 0.3 is 0 Å². The Hall–Kier alpha value is -2.07. The zero-order valence-corrected chi connectivity index (χ0v) is 12.1. The highest BCUT2D eigenvalue weighted by molar-refractivity contribution is 5.70.